The second-order valence-corrected chi connectivity index (χ2v) is 5.52. The first-order valence-electron chi connectivity index (χ1n) is 7.23. The van der Waals surface area contributed by atoms with E-state index in [-0.39, 0.29) is 5.75 Å². The maximum Gasteiger partial charge on any atom is 0.573 e. The summed E-state index contributed by atoms with van der Waals surface area (Å²) < 4.78 is 40.6. The Morgan fingerprint density at radius 3 is 2.86 bits per heavy atom. The second-order valence-electron chi connectivity index (χ2n) is 5.52. The quantitative estimate of drug-likeness (QED) is 0.908. The van der Waals surface area contributed by atoms with Crippen LogP contribution in [-0.4, -0.2) is 30.9 Å². The molecule has 0 aromatic heterocycles. The van der Waals surface area contributed by atoms with Gasteiger partial charge in [-0.15, -0.1) is 13.2 Å². The van der Waals surface area contributed by atoms with Gasteiger partial charge >= 0.3 is 6.36 Å². The van der Waals surface area contributed by atoms with Crippen LogP contribution in [-0.2, 0) is 6.54 Å². The maximum atomic E-state index is 12.2. The largest absolute Gasteiger partial charge is 0.573 e. The molecule has 118 valence electrons. The van der Waals surface area contributed by atoms with Crippen LogP contribution < -0.4 is 10.5 Å². The van der Waals surface area contributed by atoms with E-state index in [0.717, 1.165) is 31.5 Å². The van der Waals surface area contributed by atoms with E-state index in [2.05, 4.69) is 9.64 Å². The van der Waals surface area contributed by atoms with Crippen LogP contribution >= 0.6 is 0 Å². The Hall–Kier alpha value is -1.27. The number of piperidine rings is 1. The molecule has 21 heavy (non-hydrogen) atoms. The fraction of sp³-hybridized carbons (Fsp3) is 0.600. The van der Waals surface area contributed by atoms with Crippen molar-refractivity contribution in [2.45, 2.75) is 32.2 Å². The molecule has 0 amide bonds. The average molecular weight is 302 g/mol. The van der Waals surface area contributed by atoms with Gasteiger partial charge in [0.05, 0.1) is 0 Å². The Bertz CT molecular complexity index is 449. The summed E-state index contributed by atoms with van der Waals surface area (Å²) in [5, 5.41) is 0. The van der Waals surface area contributed by atoms with Crippen molar-refractivity contribution in [3.8, 4) is 5.75 Å². The van der Waals surface area contributed by atoms with E-state index in [1.165, 1.54) is 18.6 Å². The van der Waals surface area contributed by atoms with Crippen LogP contribution in [0.1, 0.15) is 24.8 Å². The smallest absolute Gasteiger partial charge is 0.406 e. The number of ether oxygens (including phenoxy) is 1. The number of hydrogen-bond acceptors (Lipinski definition) is 3. The van der Waals surface area contributed by atoms with Gasteiger partial charge in [-0.25, -0.2) is 0 Å². The van der Waals surface area contributed by atoms with Gasteiger partial charge in [-0.05, 0) is 56.0 Å². The highest BCUT2D eigenvalue weighted by atomic mass is 19.4. The van der Waals surface area contributed by atoms with E-state index in [1.54, 1.807) is 6.07 Å². The number of likely N-dealkylation sites (tertiary alicyclic amines) is 1. The molecule has 1 fully saturated rings. The van der Waals surface area contributed by atoms with Crippen molar-refractivity contribution in [2.24, 2.45) is 11.7 Å². The third kappa shape index (κ3) is 5.55. The minimum absolute atomic E-state index is 0.157. The summed E-state index contributed by atoms with van der Waals surface area (Å²) in [5.41, 5.74) is 6.43. The van der Waals surface area contributed by atoms with Gasteiger partial charge in [0.15, 0.2) is 0 Å². The van der Waals surface area contributed by atoms with Gasteiger partial charge in [-0.3, -0.25) is 4.90 Å². The number of nitrogens with zero attached hydrogens (tertiary/aromatic N) is 1. The minimum atomic E-state index is -4.64. The number of hydrogen-bond donors (Lipinski definition) is 1. The molecular formula is C15H21F3N2O. The molecule has 1 heterocycles. The van der Waals surface area contributed by atoms with E-state index in [1.807, 2.05) is 6.07 Å². The molecule has 1 atom stereocenters. The van der Waals surface area contributed by atoms with Crippen molar-refractivity contribution in [1.82, 2.24) is 4.90 Å². The van der Waals surface area contributed by atoms with Crippen LogP contribution in [0.2, 0.25) is 0 Å². The summed E-state index contributed by atoms with van der Waals surface area (Å²) in [5.74, 6) is 0.439. The standard InChI is InChI=1S/C15H21F3N2O/c16-15(17,18)21-14-5-1-3-13(9-14)11-20-8-2-4-12(10-20)6-7-19/h1,3,5,9,12H,2,4,6-8,10-11,19H2. The lowest BCUT2D eigenvalue weighted by molar-refractivity contribution is -0.274. The summed E-state index contributed by atoms with van der Waals surface area (Å²) in [6.45, 7) is 3.27. The van der Waals surface area contributed by atoms with Crippen LogP contribution in [0.25, 0.3) is 0 Å². The first-order chi connectivity index (χ1) is 9.96. The van der Waals surface area contributed by atoms with Crippen molar-refractivity contribution >= 4 is 0 Å². The average Bonchev–Trinajstić information content (AvgIpc) is 2.38. The van der Waals surface area contributed by atoms with E-state index >= 15 is 0 Å². The predicted octanol–water partition coefficient (Wildman–Crippen LogP) is 3.15. The summed E-state index contributed by atoms with van der Waals surface area (Å²) in [6.07, 6.45) is -1.34. The molecule has 2 N–H and O–H groups in total. The maximum absolute atomic E-state index is 12.2. The molecule has 1 aromatic carbocycles. The lowest BCUT2D eigenvalue weighted by Gasteiger charge is -2.32. The van der Waals surface area contributed by atoms with Gasteiger partial charge in [0.25, 0.3) is 0 Å². The lowest BCUT2D eigenvalue weighted by atomic mass is 9.94. The summed E-state index contributed by atoms with van der Waals surface area (Å²) in [4.78, 5) is 2.27. The van der Waals surface area contributed by atoms with Crippen LogP contribution in [0, 0.1) is 5.92 Å². The Morgan fingerprint density at radius 1 is 1.33 bits per heavy atom. The molecular weight excluding hydrogens is 281 g/mol. The Labute approximate surface area is 122 Å². The number of halogens is 3. The second kappa shape index (κ2) is 7.13. The zero-order valence-electron chi connectivity index (χ0n) is 11.9. The third-order valence-electron chi connectivity index (χ3n) is 3.72. The normalized spacial score (nSPS) is 20.5. The van der Waals surface area contributed by atoms with Crippen LogP contribution in [0.5, 0.6) is 5.75 Å². The molecule has 1 aliphatic rings. The molecule has 1 aliphatic heterocycles. The Morgan fingerprint density at radius 2 is 2.14 bits per heavy atom. The van der Waals surface area contributed by atoms with E-state index in [9.17, 15) is 13.2 Å². The van der Waals surface area contributed by atoms with Crippen molar-refractivity contribution in [3.05, 3.63) is 29.8 Å². The summed E-state index contributed by atoms with van der Waals surface area (Å²) in [6, 6.07) is 6.21. The highest BCUT2D eigenvalue weighted by Gasteiger charge is 2.31. The van der Waals surface area contributed by atoms with Gasteiger partial charge in [-0.1, -0.05) is 12.1 Å². The number of nitrogens with two attached hydrogens (primary N) is 1. The first kappa shape index (κ1) is 16.1. The van der Waals surface area contributed by atoms with E-state index in [0.29, 0.717) is 19.0 Å². The fourth-order valence-electron chi connectivity index (χ4n) is 2.87. The molecule has 0 aliphatic carbocycles. The molecule has 3 nitrogen and oxygen atoms in total. The van der Waals surface area contributed by atoms with E-state index < -0.39 is 6.36 Å². The number of rotatable bonds is 5. The third-order valence-corrected chi connectivity index (χ3v) is 3.72. The summed E-state index contributed by atoms with van der Waals surface area (Å²) >= 11 is 0. The zero-order chi connectivity index (χ0) is 15.3. The van der Waals surface area contributed by atoms with Gasteiger partial charge in [0.1, 0.15) is 5.75 Å². The SMILES string of the molecule is NCCC1CCCN(Cc2cccc(OC(F)(F)F)c2)C1. The lowest BCUT2D eigenvalue weighted by Crippen LogP contribution is -2.35. The van der Waals surface area contributed by atoms with Gasteiger partial charge in [0, 0.05) is 13.1 Å². The fourth-order valence-corrected chi connectivity index (χ4v) is 2.87. The van der Waals surface area contributed by atoms with Crippen LogP contribution in [0.3, 0.4) is 0 Å². The molecule has 1 saturated heterocycles. The van der Waals surface area contributed by atoms with E-state index in [4.69, 9.17) is 5.73 Å². The van der Waals surface area contributed by atoms with Crippen molar-refractivity contribution in [2.75, 3.05) is 19.6 Å². The Kier molecular flexibility index (Phi) is 5.47. The topological polar surface area (TPSA) is 38.5 Å². The number of alkyl halides is 3. The minimum Gasteiger partial charge on any atom is -0.406 e. The molecule has 1 unspecified atom stereocenters. The van der Waals surface area contributed by atoms with Crippen molar-refractivity contribution in [1.29, 1.82) is 0 Å². The van der Waals surface area contributed by atoms with Gasteiger partial charge < -0.3 is 10.5 Å². The van der Waals surface area contributed by atoms with Gasteiger partial charge in [-0.2, -0.15) is 0 Å². The zero-order valence-corrected chi connectivity index (χ0v) is 11.9. The molecule has 6 heteroatoms. The first-order valence-corrected chi connectivity index (χ1v) is 7.23. The monoisotopic (exact) mass is 302 g/mol. The molecule has 1 aromatic rings. The molecule has 0 spiro atoms. The highest BCUT2D eigenvalue weighted by Crippen LogP contribution is 2.25. The Balaban J connectivity index is 1.94. The highest BCUT2D eigenvalue weighted by molar-refractivity contribution is 5.28. The van der Waals surface area contributed by atoms with Crippen LogP contribution in [0.4, 0.5) is 13.2 Å². The van der Waals surface area contributed by atoms with Gasteiger partial charge in [0.2, 0.25) is 0 Å². The molecule has 0 bridgehead atoms. The molecule has 2 rings (SSSR count). The summed E-state index contributed by atoms with van der Waals surface area (Å²) in [7, 11) is 0. The molecule has 0 radical (unpaired) electrons. The molecule has 0 saturated carbocycles. The van der Waals surface area contributed by atoms with Crippen molar-refractivity contribution < 1.29 is 17.9 Å². The predicted molar refractivity (Wildman–Crippen MR) is 74.8 cm³/mol. The van der Waals surface area contributed by atoms with Crippen LogP contribution in [0.15, 0.2) is 24.3 Å². The van der Waals surface area contributed by atoms with Crippen molar-refractivity contribution in [3.63, 3.8) is 0 Å². The number of benzene rings is 1.